The number of rotatable bonds is 3. The van der Waals surface area contributed by atoms with Gasteiger partial charge in [0.05, 0.1) is 6.07 Å². The van der Waals surface area contributed by atoms with Gasteiger partial charge in [0, 0.05) is 6.04 Å². The van der Waals surface area contributed by atoms with Crippen LogP contribution in [0.4, 0.5) is 0 Å². The highest BCUT2D eigenvalue weighted by atomic mass is 15.0. The third-order valence-electron chi connectivity index (χ3n) is 3.94. The molecule has 1 N–H and O–H groups in total. The van der Waals surface area contributed by atoms with E-state index in [1.807, 2.05) is 0 Å². The molecule has 3 atom stereocenters. The molecule has 2 aliphatic carbocycles. The lowest BCUT2D eigenvalue weighted by atomic mass is 9.94. The van der Waals surface area contributed by atoms with Crippen LogP contribution in [0.2, 0.25) is 0 Å². The van der Waals surface area contributed by atoms with Crippen molar-refractivity contribution in [1.29, 1.82) is 5.26 Å². The van der Waals surface area contributed by atoms with Crippen LogP contribution in [0.3, 0.4) is 0 Å². The fourth-order valence-electron chi connectivity index (χ4n) is 2.84. The van der Waals surface area contributed by atoms with Gasteiger partial charge in [0.1, 0.15) is 5.54 Å². The summed E-state index contributed by atoms with van der Waals surface area (Å²) in [6, 6.07) is 3.09. The Bertz CT molecular complexity index is 250. The van der Waals surface area contributed by atoms with Crippen LogP contribution < -0.4 is 5.32 Å². The lowest BCUT2D eigenvalue weighted by molar-refractivity contribution is 0.333. The van der Waals surface area contributed by atoms with Gasteiger partial charge in [-0.3, -0.25) is 5.32 Å². The Hall–Kier alpha value is -0.550. The summed E-state index contributed by atoms with van der Waals surface area (Å²) in [6.07, 6.45) is 6.42. The van der Waals surface area contributed by atoms with Crippen molar-refractivity contribution in [3.05, 3.63) is 0 Å². The van der Waals surface area contributed by atoms with Crippen molar-refractivity contribution >= 4 is 0 Å². The van der Waals surface area contributed by atoms with Gasteiger partial charge < -0.3 is 0 Å². The van der Waals surface area contributed by atoms with E-state index >= 15 is 0 Å². The van der Waals surface area contributed by atoms with Crippen LogP contribution in [-0.2, 0) is 0 Å². The zero-order valence-corrected chi connectivity index (χ0v) is 9.21. The van der Waals surface area contributed by atoms with Gasteiger partial charge >= 0.3 is 0 Å². The van der Waals surface area contributed by atoms with Crippen LogP contribution in [-0.4, -0.2) is 11.6 Å². The average molecular weight is 192 g/mol. The summed E-state index contributed by atoms with van der Waals surface area (Å²) in [5.41, 5.74) is -0.256. The molecule has 0 bridgehead atoms. The molecule has 2 rings (SSSR count). The third-order valence-corrected chi connectivity index (χ3v) is 3.94. The highest BCUT2D eigenvalue weighted by molar-refractivity contribution is 5.15. The van der Waals surface area contributed by atoms with Crippen molar-refractivity contribution < 1.29 is 0 Å². The largest absolute Gasteiger partial charge is 0.297 e. The molecule has 14 heavy (non-hydrogen) atoms. The first kappa shape index (κ1) is 9.98. The SMILES string of the molecule is CC1CC1C(C)(C#N)NC1CCCC1. The van der Waals surface area contributed by atoms with E-state index < -0.39 is 0 Å². The summed E-state index contributed by atoms with van der Waals surface area (Å²) < 4.78 is 0. The smallest absolute Gasteiger partial charge is 0.107 e. The monoisotopic (exact) mass is 192 g/mol. The Balaban J connectivity index is 1.95. The zero-order valence-electron chi connectivity index (χ0n) is 9.21. The second-order valence-electron chi connectivity index (χ2n) is 5.26. The summed E-state index contributed by atoms with van der Waals surface area (Å²) in [7, 11) is 0. The summed E-state index contributed by atoms with van der Waals surface area (Å²) in [5, 5.41) is 12.8. The maximum Gasteiger partial charge on any atom is 0.107 e. The minimum absolute atomic E-state index is 0.256. The van der Waals surface area contributed by atoms with Crippen LogP contribution in [0.5, 0.6) is 0 Å². The van der Waals surface area contributed by atoms with E-state index in [-0.39, 0.29) is 5.54 Å². The molecule has 2 aliphatic rings. The number of hydrogen-bond donors (Lipinski definition) is 1. The lowest BCUT2D eigenvalue weighted by Crippen LogP contribution is -2.48. The van der Waals surface area contributed by atoms with Crippen LogP contribution in [0, 0.1) is 23.2 Å². The first-order valence-corrected chi connectivity index (χ1v) is 5.84. The number of hydrogen-bond acceptors (Lipinski definition) is 2. The minimum Gasteiger partial charge on any atom is -0.297 e. The molecular weight excluding hydrogens is 172 g/mol. The molecule has 0 aliphatic heterocycles. The molecule has 2 fully saturated rings. The molecular formula is C12H20N2. The Labute approximate surface area is 86.7 Å². The number of nitriles is 1. The third kappa shape index (κ3) is 1.79. The maximum atomic E-state index is 9.26. The molecule has 2 saturated carbocycles. The van der Waals surface area contributed by atoms with Gasteiger partial charge in [0.15, 0.2) is 0 Å². The molecule has 0 heterocycles. The summed E-state index contributed by atoms with van der Waals surface area (Å²) in [5.74, 6) is 1.33. The molecule has 0 aromatic heterocycles. The quantitative estimate of drug-likeness (QED) is 0.745. The molecule has 2 nitrogen and oxygen atoms in total. The molecule has 0 spiro atoms. The van der Waals surface area contributed by atoms with Crippen molar-refractivity contribution in [2.45, 2.75) is 57.5 Å². The van der Waals surface area contributed by atoms with E-state index in [1.54, 1.807) is 0 Å². The molecule has 0 aromatic carbocycles. The van der Waals surface area contributed by atoms with Crippen LogP contribution in [0.25, 0.3) is 0 Å². The van der Waals surface area contributed by atoms with Crippen molar-refractivity contribution in [1.82, 2.24) is 5.32 Å². The van der Waals surface area contributed by atoms with Gasteiger partial charge in [-0.05, 0) is 38.0 Å². The van der Waals surface area contributed by atoms with Crippen LogP contribution in [0.15, 0.2) is 0 Å². The van der Waals surface area contributed by atoms with E-state index in [9.17, 15) is 5.26 Å². The average Bonchev–Trinajstić information content (AvgIpc) is 2.71. The second kappa shape index (κ2) is 3.55. The fourth-order valence-corrected chi connectivity index (χ4v) is 2.84. The Morgan fingerprint density at radius 3 is 2.36 bits per heavy atom. The van der Waals surface area contributed by atoms with E-state index in [1.165, 1.54) is 32.1 Å². The van der Waals surface area contributed by atoms with E-state index in [2.05, 4.69) is 25.2 Å². The van der Waals surface area contributed by atoms with Crippen molar-refractivity contribution in [2.24, 2.45) is 11.8 Å². The molecule has 78 valence electrons. The summed E-state index contributed by atoms with van der Waals surface area (Å²) in [4.78, 5) is 0. The number of nitrogens with one attached hydrogen (secondary N) is 1. The fraction of sp³-hybridized carbons (Fsp3) is 0.917. The van der Waals surface area contributed by atoms with Crippen LogP contribution in [0.1, 0.15) is 46.0 Å². The predicted molar refractivity (Wildman–Crippen MR) is 56.7 cm³/mol. The highest BCUT2D eigenvalue weighted by Gasteiger charge is 2.48. The van der Waals surface area contributed by atoms with Gasteiger partial charge in [-0.25, -0.2) is 0 Å². The first-order chi connectivity index (χ1) is 6.65. The highest BCUT2D eigenvalue weighted by Crippen LogP contribution is 2.46. The van der Waals surface area contributed by atoms with Crippen molar-refractivity contribution in [2.75, 3.05) is 0 Å². The van der Waals surface area contributed by atoms with Crippen molar-refractivity contribution in [3.8, 4) is 6.07 Å². The van der Waals surface area contributed by atoms with Gasteiger partial charge in [-0.15, -0.1) is 0 Å². The summed E-state index contributed by atoms with van der Waals surface area (Å²) in [6.45, 7) is 4.33. The molecule has 2 heteroatoms. The lowest BCUT2D eigenvalue weighted by Gasteiger charge is -2.27. The van der Waals surface area contributed by atoms with E-state index in [0.717, 1.165) is 5.92 Å². The predicted octanol–water partition coefficient (Wildman–Crippen LogP) is 2.46. The van der Waals surface area contributed by atoms with Crippen molar-refractivity contribution in [3.63, 3.8) is 0 Å². The molecule has 0 saturated heterocycles. The second-order valence-corrected chi connectivity index (χ2v) is 5.26. The molecule has 3 unspecified atom stereocenters. The van der Waals surface area contributed by atoms with E-state index in [0.29, 0.717) is 12.0 Å². The van der Waals surface area contributed by atoms with Crippen LogP contribution >= 0.6 is 0 Å². The van der Waals surface area contributed by atoms with Gasteiger partial charge in [-0.2, -0.15) is 5.26 Å². The number of nitrogens with zero attached hydrogens (tertiary/aromatic N) is 1. The first-order valence-electron chi connectivity index (χ1n) is 5.84. The van der Waals surface area contributed by atoms with E-state index in [4.69, 9.17) is 0 Å². The normalized spacial score (nSPS) is 36.4. The van der Waals surface area contributed by atoms with Gasteiger partial charge in [0.2, 0.25) is 0 Å². The zero-order chi connectivity index (χ0) is 10.2. The Kier molecular flexibility index (Phi) is 2.53. The Morgan fingerprint density at radius 2 is 1.93 bits per heavy atom. The van der Waals surface area contributed by atoms with Gasteiger partial charge in [-0.1, -0.05) is 19.8 Å². The maximum absolute atomic E-state index is 9.26. The molecule has 0 radical (unpaired) electrons. The topological polar surface area (TPSA) is 35.8 Å². The van der Waals surface area contributed by atoms with Gasteiger partial charge in [0.25, 0.3) is 0 Å². The standard InChI is InChI=1S/C12H20N2/c1-9-7-11(9)12(2,8-13)14-10-5-3-4-6-10/h9-11,14H,3-7H2,1-2H3. The molecule has 0 amide bonds. The molecule has 0 aromatic rings. The summed E-state index contributed by atoms with van der Waals surface area (Å²) >= 11 is 0. The Morgan fingerprint density at radius 1 is 1.36 bits per heavy atom. The minimum atomic E-state index is -0.256.